The fourth-order valence-electron chi connectivity index (χ4n) is 1.11. The van der Waals surface area contributed by atoms with Gasteiger partial charge in [0.1, 0.15) is 0 Å². The summed E-state index contributed by atoms with van der Waals surface area (Å²) >= 11 is 0.458. The summed E-state index contributed by atoms with van der Waals surface area (Å²) in [6, 6.07) is 8.21. The standard InChI is InChI=1S/C12H18O3Se/c1-10(13-2)15-8-9-16-12-6-4-11(14-3)5-7-12/h4-7,10H,8-9H2,1-3H3. The minimum atomic E-state index is -0.105. The van der Waals surface area contributed by atoms with Crippen molar-refractivity contribution in [2.45, 2.75) is 18.5 Å². The third-order valence-corrected chi connectivity index (χ3v) is 4.14. The molecule has 1 atom stereocenters. The second-order valence-electron chi connectivity index (χ2n) is 3.20. The topological polar surface area (TPSA) is 27.7 Å². The first-order valence-corrected chi connectivity index (χ1v) is 7.24. The van der Waals surface area contributed by atoms with Gasteiger partial charge in [0.15, 0.2) is 0 Å². The van der Waals surface area contributed by atoms with Gasteiger partial charge in [0, 0.05) is 0 Å². The molecule has 0 heterocycles. The van der Waals surface area contributed by atoms with Crippen molar-refractivity contribution >= 4 is 19.4 Å². The molecule has 1 aromatic carbocycles. The van der Waals surface area contributed by atoms with Crippen LogP contribution in [0.25, 0.3) is 0 Å². The second-order valence-corrected chi connectivity index (χ2v) is 5.65. The normalized spacial score (nSPS) is 12.4. The van der Waals surface area contributed by atoms with Gasteiger partial charge in [-0.3, -0.25) is 0 Å². The fourth-order valence-corrected chi connectivity index (χ4v) is 2.67. The average molecular weight is 289 g/mol. The van der Waals surface area contributed by atoms with Crippen LogP contribution in [-0.2, 0) is 9.47 Å². The van der Waals surface area contributed by atoms with Crippen LogP contribution in [0, 0.1) is 0 Å². The molecular formula is C12H18O3Se. The summed E-state index contributed by atoms with van der Waals surface area (Å²) in [5.74, 6) is 0.906. The van der Waals surface area contributed by atoms with Crippen LogP contribution in [0.2, 0.25) is 5.32 Å². The van der Waals surface area contributed by atoms with E-state index in [2.05, 4.69) is 12.1 Å². The molecule has 0 N–H and O–H groups in total. The van der Waals surface area contributed by atoms with Crippen molar-refractivity contribution in [1.29, 1.82) is 0 Å². The summed E-state index contributed by atoms with van der Waals surface area (Å²) in [5, 5.41) is 1.06. The zero-order valence-electron chi connectivity index (χ0n) is 9.93. The van der Waals surface area contributed by atoms with Gasteiger partial charge in [0.05, 0.1) is 0 Å². The Bertz CT molecular complexity index is 287. The molecule has 1 rings (SSSR count). The van der Waals surface area contributed by atoms with E-state index in [-0.39, 0.29) is 6.29 Å². The molecule has 1 aromatic rings. The summed E-state index contributed by atoms with van der Waals surface area (Å²) in [7, 11) is 3.33. The van der Waals surface area contributed by atoms with Gasteiger partial charge in [-0.15, -0.1) is 0 Å². The molecule has 0 saturated carbocycles. The summed E-state index contributed by atoms with van der Waals surface area (Å²) in [4.78, 5) is 0. The Labute approximate surface area is 103 Å². The van der Waals surface area contributed by atoms with E-state index in [1.54, 1.807) is 14.2 Å². The Hall–Kier alpha value is -0.541. The van der Waals surface area contributed by atoms with Crippen LogP contribution in [0.1, 0.15) is 6.92 Å². The first-order valence-electron chi connectivity index (χ1n) is 5.17. The monoisotopic (exact) mass is 290 g/mol. The molecule has 0 aliphatic rings. The first-order chi connectivity index (χ1) is 7.76. The number of hydrogen-bond donors (Lipinski definition) is 0. The summed E-state index contributed by atoms with van der Waals surface area (Å²) in [6.45, 7) is 2.65. The van der Waals surface area contributed by atoms with Gasteiger partial charge in [-0.1, -0.05) is 0 Å². The van der Waals surface area contributed by atoms with Crippen LogP contribution < -0.4 is 9.20 Å². The summed E-state index contributed by atoms with van der Waals surface area (Å²) in [5.41, 5.74) is 0. The molecule has 3 nitrogen and oxygen atoms in total. The van der Waals surface area contributed by atoms with E-state index in [9.17, 15) is 0 Å². The third kappa shape index (κ3) is 4.99. The van der Waals surface area contributed by atoms with Crippen LogP contribution in [-0.4, -0.2) is 42.1 Å². The van der Waals surface area contributed by atoms with Gasteiger partial charge in [0.2, 0.25) is 0 Å². The summed E-state index contributed by atoms with van der Waals surface area (Å²) < 4.78 is 16.9. The van der Waals surface area contributed by atoms with E-state index in [4.69, 9.17) is 14.2 Å². The van der Waals surface area contributed by atoms with Gasteiger partial charge < -0.3 is 0 Å². The predicted octanol–water partition coefficient (Wildman–Crippen LogP) is 1.45. The second kappa shape index (κ2) is 7.69. The van der Waals surface area contributed by atoms with Gasteiger partial charge in [0.25, 0.3) is 0 Å². The van der Waals surface area contributed by atoms with Crippen molar-refractivity contribution in [3.8, 4) is 5.75 Å². The van der Waals surface area contributed by atoms with Crippen LogP contribution >= 0.6 is 0 Å². The molecule has 0 aliphatic heterocycles. The molecule has 90 valence electrons. The molecule has 0 amide bonds. The Kier molecular flexibility index (Phi) is 6.50. The quantitative estimate of drug-likeness (QED) is 0.432. The Morgan fingerprint density at radius 2 is 1.88 bits per heavy atom. The summed E-state index contributed by atoms with van der Waals surface area (Å²) in [6.07, 6.45) is -0.105. The number of ether oxygens (including phenoxy) is 3. The minimum absolute atomic E-state index is 0.105. The zero-order valence-corrected chi connectivity index (χ0v) is 11.6. The maximum absolute atomic E-state index is 5.43. The van der Waals surface area contributed by atoms with Crippen LogP contribution in [0.3, 0.4) is 0 Å². The van der Waals surface area contributed by atoms with Gasteiger partial charge in [-0.2, -0.15) is 0 Å². The van der Waals surface area contributed by atoms with Gasteiger partial charge in [-0.25, -0.2) is 0 Å². The van der Waals surface area contributed by atoms with Crippen molar-refractivity contribution in [1.82, 2.24) is 0 Å². The van der Waals surface area contributed by atoms with E-state index in [0.717, 1.165) is 17.7 Å². The van der Waals surface area contributed by atoms with E-state index in [0.29, 0.717) is 15.0 Å². The van der Waals surface area contributed by atoms with Crippen LogP contribution in [0.15, 0.2) is 24.3 Å². The third-order valence-electron chi connectivity index (χ3n) is 2.10. The molecular weight excluding hydrogens is 271 g/mol. The molecule has 16 heavy (non-hydrogen) atoms. The number of hydrogen-bond acceptors (Lipinski definition) is 3. The Balaban J connectivity index is 2.21. The fraction of sp³-hybridized carbons (Fsp3) is 0.500. The molecule has 0 saturated heterocycles. The number of benzene rings is 1. The van der Waals surface area contributed by atoms with Crippen molar-refractivity contribution in [3.05, 3.63) is 24.3 Å². The van der Waals surface area contributed by atoms with Crippen molar-refractivity contribution in [2.75, 3.05) is 20.8 Å². The van der Waals surface area contributed by atoms with Crippen LogP contribution in [0.5, 0.6) is 5.75 Å². The van der Waals surface area contributed by atoms with Crippen molar-refractivity contribution in [3.63, 3.8) is 0 Å². The molecule has 1 unspecified atom stereocenters. The molecule has 0 aliphatic carbocycles. The molecule has 0 spiro atoms. The SMILES string of the molecule is COc1ccc([Se]CCOC(C)OC)cc1. The molecule has 0 radical (unpaired) electrons. The molecule has 0 bridgehead atoms. The molecule has 0 fully saturated rings. The van der Waals surface area contributed by atoms with Crippen LogP contribution in [0.4, 0.5) is 0 Å². The van der Waals surface area contributed by atoms with Crippen molar-refractivity contribution < 1.29 is 14.2 Å². The maximum atomic E-state index is 5.43. The number of rotatable bonds is 7. The van der Waals surface area contributed by atoms with Gasteiger partial charge in [-0.05, 0) is 0 Å². The zero-order chi connectivity index (χ0) is 11.8. The van der Waals surface area contributed by atoms with Crippen molar-refractivity contribution in [2.24, 2.45) is 0 Å². The van der Waals surface area contributed by atoms with E-state index in [1.165, 1.54) is 4.46 Å². The molecule has 0 aromatic heterocycles. The first kappa shape index (κ1) is 13.5. The van der Waals surface area contributed by atoms with E-state index in [1.807, 2.05) is 19.1 Å². The Morgan fingerprint density at radius 3 is 2.44 bits per heavy atom. The Morgan fingerprint density at radius 1 is 1.19 bits per heavy atom. The number of methoxy groups -OCH3 is 2. The molecule has 4 heteroatoms. The average Bonchev–Trinajstić information content (AvgIpc) is 2.35. The van der Waals surface area contributed by atoms with Gasteiger partial charge >= 0.3 is 103 Å². The van der Waals surface area contributed by atoms with E-state index >= 15 is 0 Å². The van der Waals surface area contributed by atoms with E-state index < -0.39 is 0 Å². The predicted molar refractivity (Wildman–Crippen MR) is 65.6 cm³/mol.